The molecule has 0 saturated carbocycles. The molecule has 0 aliphatic carbocycles. The minimum Gasteiger partial charge on any atom is -0.426 e. The first-order chi connectivity index (χ1) is 20.8. The maximum atomic E-state index is 6.69. The van der Waals surface area contributed by atoms with Gasteiger partial charge in [-0.15, -0.1) is 0 Å². The Bertz CT molecular complexity index is 1310. The van der Waals surface area contributed by atoms with E-state index in [1.807, 2.05) is 0 Å². The van der Waals surface area contributed by atoms with Crippen molar-refractivity contribution >= 4 is 17.2 Å². The van der Waals surface area contributed by atoms with E-state index in [1.165, 1.54) is 33.4 Å². The van der Waals surface area contributed by atoms with E-state index in [0.717, 1.165) is 11.5 Å². The van der Waals surface area contributed by atoms with Crippen LogP contribution < -0.4 is 9.05 Å². The summed E-state index contributed by atoms with van der Waals surface area (Å²) in [5.74, 6) is 1.76. The molecular formula is C38H60O6P2. The maximum Gasteiger partial charge on any atom is 0.397 e. The Hall–Kier alpha value is -1.26. The molecule has 0 atom stereocenters. The van der Waals surface area contributed by atoms with E-state index in [2.05, 4.69) is 135 Å². The highest BCUT2D eigenvalue weighted by atomic mass is 31.2. The summed E-state index contributed by atoms with van der Waals surface area (Å²) in [6.45, 7) is 37.4. The van der Waals surface area contributed by atoms with E-state index in [4.69, 9.17) is 27.1 Å². The quantitative estimate of drug-likeness (QED) is 0.301. The van der Waals surface area contributed by atoms with Crippen LogP contribution >= 0.6 is 17.2 Å². The fourth-order valence-corrected chi connectivity index (χ4v) is 8.17. The molecule has 0 unspecified atom stereocenters. The Balaban J connectivity index is 1.50. The molecule has 2 aliphatic rings. The van der Waals surface area contributed by atoms with Crippen molar-refractivity contribution in [2.75, 3.05) is 26.4 Å². The first kappa shape index (κ1) is 37.6. The van der Waals surface area contributed by atoms with Crippen LogP contribution in [0.1, 0.15) is 137 Å². The number of aryl methyl sites for hydroxylation is 1. The zero-order valence-electron chi connectivity index (χ0n) is 31.5. The summed E-state index contributed by atoms with van der Waals surface area (Å²) < 4.78 is 38.5. The summed E-state index contributed by atoms with van der Waals surface area (Å²) in [5, 5.41) is 0. The second-order valence-electron chi connectivity index (χ2n) is 18.6. The molecule has 0 N–H and O–H groups in total. The first-order valence-electron chi connectivity index (χ1n) is 16.6. The van der Waals surface area contributed by atoms with E-state index >= 15 is 0 Å². The van der Waals surface area contributed by atoms with E-state index < -0.39 is 22.6 Å². The Morgan fingerprint density at radius 1 is 0.478 bits per heavy atom. The van der Waals surface area contributed by atoms with E-state index in [9.17, 15) is 0 Å². The number of hydrogen-bond acceptors (Lipinski definition) is 6. The van der Waals surface area contributed by atoms with Crippen LogP contribution in [0.2, 0.25) is 0 Å². The SMILES string of the molecule is Cc1cc(C(C)(C)C)c(OP2OCC3(CO2)COP(Oc2c(C(C)(C)C)cc(C(C)(C)C)cc2C(C)(C)C)OC3)c(C(C)(C)C)c1. The molecule has 0 radical (unpaired) electrons. The number of rotatable bonds is 4. The van der Waals surface area contributed by atoms with Crippen molar-refractivity contribution in [2.24, 2.45) is 5.41 Å². The molecule has 0 amide bonds. The largest absolute Gasteiger partial charge is 0.426 e. The Kier molecular flexibility index (Phi) is 10.5. The van der Waals surface area contributed by atoms with Gasteiger partial charge in [-0.3, -0.25) is 0 Å². The Morgan fingerprint density at radius 3 is 1.02 bits per heavy atom. The van der Waals surface area contributed by atoms with Crippen molar-refractivity contribution in [3.8, 4) is 11.5 Å². The Morgan fingerprint density at radius 2 is 0.761 bits per heavy atom. The summed E-state index contributed by atoms with van der Waals surface area (Å²) in [4.78, 5) is 0. The van der Waals surface area contributed by atoms with Gasteiger partial charge < -0.3 is 27.1 Å². The topological polar surface area (TPSA) is 55.4 Å². The van der Waals surface area contributed by atoms with Crippen molar-refractivity contribution in [1.29, 1.82) is 0 Å². The maximum absolute atomic E-state index is 6.69. The normalized spacial score (nSPS) is 23.5. The van der Waals surface area contributed by atoms with Gasteiger partial charge in [-0.25, -0.2) is 0 Å². The van der Waals surface area contributed by atoms with Gasteiger partial charge in [0, 0.05) is 22.3 Å². The smallest absolute Gasteiger partial charge is 0.397 e. The minimum atomic E-state index is -1.59. The molecular weight excluding hydrogens is 614 g/mol. The monoisotopic (exact) mass is 674 g/mol. The van der Waals surface area contributed by atoms with Crippen LogP contribution in [0.15, 0.2) is 24.3 Å². The average molecular weight is 675 g/mol. The molecule has 6 nitrogen and oxygen atoms in total. The van der Waals surface area contributed by atoms with Gasteiger partial charge >= 0.3 is 17.2 Å². The summed E-state index contributed by atoms with van der Waals surface area (Å²) >= 11 is 0. The molecule has 2 aromatic rings. The van der Waals surface area contributed by atoms with E-state index in [1.54, 1.807) is 0 Å². The molecule has 2 aliphatic heterocycles. The van der Waals surface area contributed by atoms with Crippen molar-refractivity contribution in [1.82, 2.24) is 0 Å². The molecule has 46 heavy (non-hydrogen) atoms. The van der Waals surface area contributed by atoms with Crippen LogP contribution in [0.4, 0.5) is 0 Å². The second-order valence-corrected chi connectivity index (χ2v) is 20.9. The van der Waals surface area contributed by atoms with Crippen LogP contribution in [0.3, 0.4) is 0 Å². The van der Waals surface area contributed by atoms with Crippen molar-refractivity contribution < 1.29 is 27.1 Å². The van der Waals surface area contributed by atoms with Crippen LogP contribution in [-0.4, -0.2) is 26.4 Å². The van der Waals surface area contributed by atoms with Crippen molar-refractivity contribution in [3.63, 3.8) is 0 Å². The zero-order valence-corrected chi connectivity index (χ0v) is 33.3. The molecule has 0 aromatic heterocycles. The fourth-order valence-electron chi connectivity index (χ4n) is 5.60. The predicted molar refractivity (Wildman–Crippen MR) is 192 cm³/mol. The number of hydrogen-bond donors (Lipinski definition) is 0. The molecule has 258 valence electrons. The van der Waals surface area contributed by atoms with Gasteiger partial charge in [0.15, 0.2) is 0 Å². The van der Waals surface area contributed by atoms with E-state index in [-0.39, 0.29) is 27.1 Å². The van der Waals surface area contributed by atoms with Gasteiger partial charge in [-0.1, -0.05) is 134 Å². The third kappa shape index (κ3) is 8.66. The average Bonchev–Trinajstić information content (AvgIpc) is 2.89. The predicted octanol–water partition coefficient (Wildman–Crippen LogP) is 11.5. The van der Waals surface area contributed by atoms with Gasteiger partial charge in [0.1, 0.15) is 11.5 Å². The lowest BCUT2D eigenvalue weighted by Crippen LogP contribution is -2.45. The van der Waals surface area contributed by atoms with Crippen LogP contribution in [-0.2, 0) is 45.2 Å². The van der Waals surface area contributed by atoms with Gasteiger partial charge in [0.05, 0.1) is 31.8 Å². The van der Waals surface area contributed by atoms with Crippen molar-refractivity contribution in [3.05, 3.63) is 57.6 Å². The van der Waals surface area contributed by atoms with Gasteiger partial charge in [-0.05, 0) is 39.6 Å². The Labute approximate surface area is 282 Å². The summed E-state index contributed by atoms with van der Waals surface area (Å²) in [6.07, 6.45) is 0. The third-order valence-electron chi connectivity index (χ3n) is 8.66. The lowest BCUT2D eigenvalue weighted by molar-refractivity contribution is -0.0674. The van der Waals surface area contributed by atoms with Gasteiger partial charge in [0.2, 0.25) is 0 Å². The standard InChI is InChI=1S/C38H60O6P2/c1-25-17-27(34(5,6)7)31(28(18-25)35(8,9)10)43-45-39-21-38(22-40-45)23-41-46(42-24-38)44-32-29(36(11,12)13)19-26(33(2,3)4)20-30(32)37(14,15)16/h17-20H,21-24H2,1-16H3. The zero-order chi connectivity index (χ0) is 34.7. The number of benzene rings is 2. The molecule has 2 saturated heterocycles. The highest BCUT2D eigenvalue weighted by Gasteiger charge is 2.46. The van der Waals surface area contributed by atoms with Gasteiger partial charge in [-0.2, -0.15) is 0 Å². The van der Waals surface area contributed by atoms with Crippen LogP contribution in [0.5, 0.6) is 11.5 Å². The molecule has 2 aromatic carbocycles. The second kappa shape index (κ2) is 12.9. The molecule has 4 rings (SSSR count). The van der Waals surface area contributed by atoms with Crippen LogP contribution in [0, 0.1) is 12.3 Å². The molecule has 0 bridgehead atoms. The first-order valence-corrected chi connectivity index (χ1v) is 18.8. The minimum absolute atomic E-state index is 0.0142. The highest BCUT2D eigenvalue weighted by molar-refractivity contribution is 7.42. The van der Waals surface area contributed by atoms with Crippen molar-refractivity contribution in [2.45, 2.75) is 138 Å². The fraction of sp³-hybridized carbons (Fsp3) is 0.684. The molecule has 1 spiro atoms. The summed E-state index contributed by atoms with van der Waals surface area (Å²) in [5.41, 5.74) is 6.38. The van der Waals surface area contributed by atoms with Gasteiger partial charge in [0.25, 0.3) is 0 Å². The molecule has 2 fully saturated rings. The highest BCUT2D eigenvalue weighted by Crippen LogP contribution is 2.56. The lowest BCUT2D eigenvalue weighted by atomic mass is 9.75. The summed E-state index contributed by atoms with van der Waals surface area (Å²) in [6, 6.07) is 9.06. The third-order valence-corrected chi connectivity index (χ3v) is 10.7. The molecule has 2 heterocycles. The lowest BCUT2D eigenvalue weighted by Gasteiger charge is -2.42. The summed E-state index contributed by atoms with van der Waals surface area (Å²) in [7, 11) is -3.16. The molecule has 8 heteroatoms. The van der Waals surface area contributed by atoms with Crippen LogP contribution in [0.25, 0.3) is 0 Å². The van der Waals surface area contributed by atoms with E-state index in [0.29, 0.717) is 26.4 Å².